The summed E-state index contributed by atoms with van der Waals surface area (Å²) in [6, 6.07) is 9.15. The van der Waals surface area contributed by atoms with E-state index in [1.165, 1.54) is 21.8 Å². The third kappa shape index (κ3) is 2.56. The second-order valence-corrected chi connectivity index (χ2v) is 6.48. The fourth-order valence-electron chi connectivity index (χ4n) is 3.53. The van der Waals surface area contributed by atoms with Crippen LogP contribution in [0.1, 0.15) is 34.2 Å². The summed E-state index contributed by atoms with van der Waals surface area (Å²) in [5.41, 5.74) is 3.81. The van der Waals surface area contributed by atoms with Crippen LogP contribution < -0.4 is 11.2 Å². The number of aromatic nitrogens is 1. The molecule has 3 aromatic rings. The molecule has 0 radical (unpaired) electrons. The fourth-order valence-corrected chi connectivity index (χ4v) is 3.53. The normalized spacial score (nSPS) is 13.0. The molecule has 0 saturated heterocycles. The van der Waals surface area contributed by atoms with E-state index in [1.54, 1.807) is 19.2 Å². The van der Waals surface area contributed by atoms with Crippen LogP contribution >= 0.6 is 0 Å². The average Bonchev–Trinajstić information content (AvgIpc) is 3.03. The van der Waals surface area contributed by atoms with Gasteiger partial charge in [0.15, 0.2) is 0 Å². The van der Waals surface area contributed by atoms with Crippen molar-refractivity contribution in [3.63, 3.8) is 0 Å². The quantitative estimate of drug-likeness (QED) is 0.676. The molecule has 2 aromatic heterocycles. The minimum absolute atomic E-state index is 0.135. The van der Waals surface area contributed by atoms with Gasteiger partial charge in [-0.05, 0) is 66.6 Å². The molecule has 2 heterocycles. The maximum absolute atomic E-state index is 12.5. The van der Waals surface area contributed by atoms with Gasteiger partial charge >= 0.3 is 5.63 Å². The van der Waals surface area contributed by atoms with Crippen LogP contribution in [0.4, 0.5) is 0 Å². The van der Waals surface area contributed by atoms with Gasteiger partial charge in [-0.2, -0.15) is 5.26 Å². The van der Waals surface area contributed by atoms with E-state index >= 15 is 0 Å². The van der Waals surface area contributed by atoms with Crippen LogP contribution in [0.25, 0.3) is 11.0 Å². The van der Waals surface area contributed by atoms with Crippen molar-refractivity contribution in [1.29, 1.82) is 5.26 Å². The Morgan fingerprint density at radius 2 is 1.96 bits per heavy atom. The summed E-state index contributed by atoms with van der Waals surface area (Å²) in [5, 5.41) is 10.0. The Kier molecular flexibility index (Phi) is 3.54. The van der Waals surface area contributed by atoms with E-state index in [0.717, 1.165) is 30.2 Å². The number of hydrogen-bond donors (Lipinski definition) is 0. The van der Waals surface area contributed by atoms with Gasteiger partial charge < -0.3 is 8.98 Å². The SMILES string of the molecule is Cc1ccn(Cc2cc(=O)oc3cc4c(cc23)CCC4)c(=O)c1C#N. The monoisotopic (exact) mass is 332 g/mol. The maximum Gasteiger partial charge on any atom is 0.336 e. The topological polar surface area (TPSA) is 76.0 Å². The van der Waals surface area contributed by atoms with Crippen LogP contribution in [0.5, 0.6) is 0 Å². The lowest BCUT2D eigenvalue weighted by molar-refractivity contribution is 0.557. The van der Waals surface area contributed by atoms with E-state index in [0.29, 0.717) is 11.1 Å². The number of rotatable bonds is 2. The van der Waals surface area contributed by atoms with Gasteiger partial charge in [0.1, 0.15) is 17.2 Å². The summed E-state index contributed by atoms with van der Waals surface area (Å²) in [6.07, 6.45) is 4.79. The van der Waals surface area contributed by atoms with Gasteiger partial charge in [-0.3, -0.25) is 4.79 Å². The molecule has 0 bridgehead atoms. The van der Waals surface area contributed by atoms with Gasteiger partial charge in [0.25, 0.3) is 5.56 Å². The number of hydrogen-bond acceptors (Lipinski definition) is 4. The Hall–Kier alpha value is -3.13. The van der Waals surface area contributed by atoms with Gasteiger partial charge in [-0.25, -0.2) is 4.79 Å². The van der Waals surface area contributed by atoms with Crippen molar-refractivity contribution in [2.24, 2.45) is 0 Å². The first kappa shape index (κ1) is 15.4. The molecule has 1 aliphatic carbocycles. The lowest BCUT2D eigenvalue weighted by atomic mass is 10.0. The number of fused-ring (bicyclic) bond motifs is 2. The highest BCUT2D eigenvalue weighted by Crippen LogP contribution is 2.28. The van der Waals surface area contributed by atoms with Crippen molar-refractivity contribution in [3.05, 3.63) is 79.1 Å². The standard InChI is InChI=1S/C20H16N2O3/c1-12-5-6-22(20(24)17(12)10-21)11-15-9-19(23)25-18-8-14-4-2-3-13(14)7-16(15)18/h5-9H,2-4,11H2,1H3. The molecule has 0 spiro atoms. The number of nitrogens with zero attached hydrogens (tertiary/aromatic N) is 2. The first-order chi connectivity index (χ1) is 12.1. The predicted molar refractivity (Wildman–Crippen MR) is 93.8 cm³/mol. The van der Waals surface area contributed by atoms with Crippen LogP contribution in [0.2, 0.25) is 0 Å². The number of nitriles is 1. The molecule has 0 aliphatic heterocycles. The Morgan fingerprint density at radius 1 is 1.20 bits per heavy atom. The Bertz CT molecular complexity index is 1160. The smallest absolute Gasteiger partial charge is 0.336 e. The molecule has 0 unspecified atom stereocenters. The molecule has 4 rings (SSSR count). The van der Waals surface area contributed by atoms with E-state index in [1.807, 2.05) is 12.1 Å². The van der Waals surface area contributed by atoms with Crippen LogP contribution in [-0.2, 0) is 19.4 Å². The van der Waals surface area contributed by atoms with Crippen molar-refractivity contribution in [3.8, 4) is 6.07 Å². The van der Waals surface area contributed by atoms with Crippen LogP contribution in [0.3, 0.4) is 0 Å². The first-order valence-corrected chi connectivity index (χ1v) is 8.25. The second kappa shape index (κ2) is 5.75. The number of aryl methyl sites for hydroxylation is 3. The summed E-state index contributed by atoms with van der Waals surface area (Å²) in [5.74, 6) is 0. The highest BCUT2D eigenvalue weighted by atomic mass is 16.4. The van der Waals surface area contributed by atoms with Gasteiger partial charge in [-0.1, -0.05) is 0 Å². The molecular weight excluding hydrogens is 316 g/mol. The van der Waals surface area contributed by atoms with Crippen molar-refractivity contribution < 1.29 is 4.42 Å². The van der Waals surface area contributed by atoms with Crippen LogP contribution in [-0.4, -0.2) is 4.57 Å². The minimum atomic E-state index is -0.430. The van der Waals surface area contributed by atoms with Gasteiger partial charge in [0.2, 0.25) is 0 Å². The molecule has 5 heteroatoms. The van der Waals surface area contributed by atoms with Gasteiger partial charge in [0.05, 0.1) is 6.54 Å². The second-order valence-electron chi connectivity index (χ2n) is 6.48. The van der Waals surface area contributed by atoms with E-state index in [2.05, 4.69) is 6.07 Å². The van der Waals surface area contributed by atoms with E-state index in [9.17, 15) is 14.9 Å². The predicted octanol–water partition coefficient (Wildman–Crippen LogP) is 2.67. The summed E-state index contributed by atoms with van der Waals surface area (Å²) in [7, 11) is 0. The summed E-state index contributed by atoms with van der Waals surface area (Å²) >= 11 is 0. The fraction of sp³-hybridized carbons (Fsp3) is 0.250. The molecule has 124 valence electrons. The maximum atomic E-state index is 12.5. The highest BCUT2D eigenvalue weighted by molar-refractivity contribution is 5.82. The van der Waals surface area contributed by atoms with Crippen molar-refractivity contribution >= 4 is 11.0 Å². The Balaban J connectivity index is 1.89. The molecule has 1 aliphatic rings. The van der Waals surface area contributed by atoms with Crippen LogP contribution in [0.15, 0.2) is 44.5 Å². The van der Waals surface area contributed by atoms with E-state index in [4.69, 9.17) is 4.42 Å². The molecule has 0 amide bonds. The van der Waals surface area contributed by atoms with Gasteiger partial charge in [-0.15, -0.1) is 0 Å². The lowest BCUT2D eigenvalue weighted by Crippen LogP contribution is -2.24. The molecule has 1 aromatic carbocycles. The molecular formula is C20H16N2O3. The minimum Gasteiger partial charge on any atom is -0.423 e. The Labute approximate surface area is 143 Å². The summed E-state index contributed by atoms with van der Waals surface area (Å²) < 4.78 is 6.83. The Morgan fingerprint density at radius 3 is 2.72 bits per heavy atom. The zero-order chi connectivity index (χ0) is 17.6. The molecule has 0 atom stereocenters. The van der Waals surface area contributed by atoms with Crippen molar-refractivity contribution in [1.82, 2.24) is 4.57 Å². The average molecular weight is 332 g/mol. The first-order valence-electron chi connectivity index (χ1n) is 8.25. The summed E-state index contributed by atoms with van der Waals surface area (Å²) in [6.45, 7) is 1.97. The molecule has 5 nitrogen and oxygen atoms in total. The van der Waals surface area contributed by atoms with Gasteiger partial charge in [0, 0.05) is 17.6 Å². The van der Waals surface area contributed by atoms with Crippen LogP contribution in [0, 0.1) is 18.3 Å². The molecule has 0 N–H and O–H groups in total. The van der Waals surface area contributed by atoms with E-state index in [-0.39, 0.29) is 17.7 Å². The molecule has 0 fully saturated rings. The lowest BCUT2D eigenvalue weighted by Gasteiger charge is -2.11. The van der Waals surface area contributed by atoms with E-state index < -0.39 is 5.63 Å². The molecule has 25 heavy (non-hydrogen) atoms. The highest BCUT2D eigenvalue weighted by Gasteiger charge is 2.16. The zero-order valence-corrected chi connectivity index (χ0v) is 13.8. The third-order valence-electron chi connectivity index (χ3n) is 4.87. The van der Waals surface area contributed by atoms with Crippen molar-refractivity contribution in [2.75, 3.05) is 0 Å². The number of pyridine rings is 1. The molecule has 0 saturated carbocycles. The number of benzene rings is 1. The largest absolute Gasteiger partial charge is 0.423 e. The zero-order valence-electron chi connectivity index (χ0n) is 13.8. The third-order valence-corrected chi connectivity index (χ3v) is 4.87. The summed E-state index contributed by atoms with van der Waals surface area (Å²) in [4.78, 5) is 24.4. The van der Waals surface area contributed by atoms with Crippen molar-refractivity contribution in [2.45, 2.75) is 32.7 Å².